The van der Waals surface area contributed by atoms with Crippen LogP contribution in [0.3, 0.4) is 0 Å². The Morgan fingerprint density at radius 3 is 2.65 bits per heavy atom. The molecular weight excluding hydrogens is 261 g/mol. The van der Waals surface area contributed by atoms with Gasteiger partial charge in [0.15, 0.2) is 10.3 Å². The van der Waals surface area contributed by atoms with Gasteiger partial charge in [-0.1, -0.05) is 23.2 Å². The lowest BCUT2D eigenvalue weighted by atomic mass is 9.98. The molecule has 2 rings (SSSR count). The van der Waals surface area contributed by atoms with Crippen molar-refractivity contribution in [1.29, 1.82) is 0 Å². The summed E-state index contributed by atoms with van der Waals surface area (Å²) in [6.45, 7) is 4.01. The summed E-state index contributed by atoms with van der Waals surface area (Å²) in [6, 6.07) is 1.43. The van der Waals surface area contributed by atoms with E-state index in [2.05, 4.69) is 15.5 Å². The maximum Gasteiger partial charge on any atom is 0.255 e. The molecule has 1 aromatic rings. The van der Waals surface area contributed by atoms with Crippen LogP contribution in [-0.4, -0.2) is 21.6 Å². The summed E-state index contributed by atoms with van der Waals surface area (Å²) < 4.78 is 0. The third kappa shape index (κ3) is 2.87. The summed E-state index contributed by atoms with van der Waals surface area (Å²) in [5.74, 6) is 0.277. The molecule has 0 saturated heterocycles. The van der Waals surface area contributed by atoms with Crippen molar-refractivity contribution in [3.05, 3.63) is 21.9 Å². The van der Waals surface area contributed by atoms with Crippen molar-refractivity contribution in [2.24, 2.45) is 5.92 Å². The minimum Gasteiger partial charge on any atom is -0.347 e. The molecule has 0 unspecified atom stereocenters. The van der Waals surface area contributed by atoms with E-state index in [0.717, 1.165) is 12.8 Å². The quantitative estimate of drug-likeness (QED) is 0.922. The number of hydrogen-bond donors (Lipinski definition) is 1. The van der Waals surface area contributed by atoms with Gasteiger partial charge in [-0.15, -0.1) is 10.2 Å². The van der Waals surface area contributed by atoms with Crippen LogP contribution in [0.15, 0.2) is 6.07 Å². The lowest BCUT2D eigenvalue weighted by Crippen LogP contribution is -2.45. The Hall–Kier alpha value is -0.870. The molecule has 17 heavy (non-hydrogen) atoms. The van der Waals surface area contributed by atoms with Gasteiger partial charge in [0.1, 0.15) is 0 Å². The second-order valence-electron chi connectivity index (χ2n) is 4.82. The fraction of sp³-hybridized carbons (Fsp3) is 0.545. The molecule has 1 aliphatic rings. The van der Waals surface area contributed by atoms with Crippen molar-refractivity contribution in [2.75, 3.05) is 0 Å². The van der Waals surface area contributed by atoms with Crippen molar-refractivity contribution >= 4 is 29.1 Å². The predicted molar refractivity (Wildman–Crippen MR) is 66.3 cm³/mol. The molecule has 1 heterocycles. The second kappa shape index (κ2) is 4.42. The highest BCUT2D eigenvalue weighted by Crippen LogP contribution is 2.39. The molecule has 1 amide bonds. The van der Waals surface area contributed by atoms with Crippen molar-refractivity contribution < 1.29 is 4.79 Å². The van der Waals surface area contributed by atoms with Crippen LogP contribution in [0.2, 0.25) is 10.3 Å². The molecule has 92 valence electrons. The summed E-state index contributed by atoms with van der Waals surface area (Å²) in [5.41, 5.74) is 0.0382. The number of nitrogens with zero attached hydrogens (tertiary/aromatic N) is 2. The third-order valence-electron chi connectivity index (χ3n) is 3.00. The SMILES string of the molecule is CC(C)(NC(=O)c1cc(Cl)nnc1Cl)C1CC1. The number of halogens is 2. The van der Waals surface area contributed by atoms with Crippen molar-refractivity contribution in [3.8, 4) is 0 Å². The first kappa shape index (κ1) is 12.6. The molecular formula is C11H13Cl2N3O. The van der Waals surface area contributed by atoms with Gasteiger partial charge in [0.05, 0.1) is 5.56 Å². The van der Waals surface area contributed by atoms with Crippen LogP contribution in [-0.2, 0) is 0 Å². The molecule has 1 aromatic heterocycles. The van der Waals surface area contributed by atoms with Gasteiger partial charge in [0.25, 0.3) is 5.91 Å². The lowest BCUT2D eigenvalue weighted by molar-refractivity contribution is 0.0903. The highest BCUT2D eigenvalue weighted by molar-refractivity contribution is 6.34. The Kier molecular flexibility index (Phi) is 3.27. The zero-order valence-electron chi connectivity index (χ0n) is 9.63. The van der Waals surface area contributed by atoms with Gasteiger partial charge in [0, 0.05) is 5.54 Å². The zero-order valence-corrected chi connectivity index (χ0v) is 11.1. The van der Waals surface area contributed by atoms with Crippen molar-refractivity contribution in [3.63, 3.8) is 0 Å². The van der Waals surface area contributed by atoms with Crippen LogP contribution in [0.5, 0.6) is 0 Å². The topological polar surface area (TPSA) is 54.9 Å². The summed E-state index contributed by atoms with van der Waals surface area (Å²) in [7, 11) is 0. The smallest absolute Gasteiger partial charge is 0.255 e. The van der Waals surface area contributed by atoms with Gasteiger partial charge in [-0.05, 0) is 38.7 Å². The highest BCUT2D eigenvalue weighted by Gasteiger charge is 2.39. The van der Waals surface area contributed by atoms with E-state index in [9.17, 15) is 4.79 Å². The molecule has 1 N–H and O–H groups in total. The Balaban J connectivity index is 2.16. The average molecular weight is 274 g/mol. The van der Waals surface area contributed by atoms with Crippen LogP contribution in [0.1, 0.15) is 37.0 Å². The molecule has 6 heteroatoms. The van der Waals surface area contributed by atoms with Crippen molar-refractivity contribution in [2.45, 2.75) is 32.2 Å². The molecule has 1 fully saturated rings. The molecule has 0 bridgehead atoms. The summed E-state index contributed by atoms with van der Waals surface area (Å²) >= 11 is 11.5. The summed E-state index contributed by atoms with van der Waals surface area (Å²) in [4.78, 5) is 12.0. The number of carbonyl (C=O) groups excluding carboxylic acids is 1. The lowest BCUT2D eigenvalue weighted by Gasteiger charge is -2.26. The van der Waals surface area contributed by atoms with E-state index in [-0.39, 0.29) is 27.3 Å². The zero-order chi connectivity index (χ0) is 12.6. The average Bonchev–Trinajstić information content (AvgIpc) is 3.04. The van der Waals surface area contributed by atoms with Gasteiger partial charge in [0.2, 0.25) is 0 Å². The van der Waals surface area contributed by atoms with E-state index in [1.54, 1.807) is 0 Å². The van der Waals surface area contributed by atoms with Gasteiger partial charge < -0.3 is 5.32 Å². The molecule has 0 aliphatic heterocycles. The number of nitrogens with one attached hydrogen (secondary N) is 1. The number of rotatable bonds is 3. The molecule has 4 nitrogen and oxygen atoms in total. The maximum absolute atomic E-state index is 12.0. The monoisotopic (exact) mass is 273 g/mol. The van der Waals surface area contributed by atoms with Gasteiger partial charge in [-0.2, -0.15) is 0 Å². The maximum atomic E-state index is 12.0. The van der Waals surface area contributed by atoms with Gasteiger partial charge >= 0.3 is 0 Å². The Morgan fingerprint density at radius 2 is 2.06 bits per heavy atom. The Labute approximate surface area is 110 Å². The second-order valence-corrected chi connectivity index (χ2v) is 5.57. The van der Waals surface area contributed by atoms with E-state index < -0.39 is 0 Å². The Bertz CT molecular complexity index is 458. The minimum atomic E-state index is -0.260. The van der Waals surface area contributed by atoms with E-state index in [4.69, 9.17) is 23.2 Å². The standard InChI is InChI=1S/C11H13Cl2N3O/c1-11(2,6-3-4-6)14-10(17)7-5-8(12)15-16-9(7)13/h5-6H,3-4H2,1-2H3,(H,14,17). The van der Waals surface area contributed by atoms with E-state index in [1.165, 1.54) is 6.07 Å². The number of aromatic nitrogens is 2. The first-order chi connectivity index (χ1) is 7.90. The summed E-state index contributed by atoms with van der Waals surface area (Å²) in [6.07, 6.45) is 2.30. The molecule has 0 radical (unpaired) electrons. The number of hydrogen-bond acceptors (Lipinski definition) is 3. The van der Waals surface area contributed by atoms with Crippen LogP contribution in [0.4, 0.5) is 0 Å². The van der Waals surface area contributed by atoms with E-state index >= 15 is 0 Å². The largest absolute Gasteiger partial charge is 0.347 e. The predicted octanol–water partition coefficient (Wildman–Crippen LogP) is 2.70. The van der Waals surface area contributed by atoms with Crippen LogP contribution >= 0.6 is 23.2 Å². The Morgan fingerprint density at radius 1 is 1.41 bits per heavy atom. The minimum absolute atomic E-state index is 0.0681. The summed E-state index contributed by atoms with van der Waals surface area (Å²) in [5, 5.41) is 10.4. The molecule has 1 aliphatic carbocycles. The van der Waals surface area contributed by atoms with E-state index in [0.29, 0.717) is 5.92 Å². The fourth-order valence-electron chi connectivity index (χ4n) is 1.78. The highest BCUT2D eigenvalue weighted by atomic mass is 35.5. The van der Waals surface area contributed by atoms with Gasteiger partial charge in [-0.3, -0.25) is 4.79 Å². The number of carbonyl (C=O) groups is 1. The van der Waals surface area contributed by atoms with Crippen LogP contribution in [0, 0.1) is 5.92 Å². The van der Waals surface area contributed by atoms with Crippen LogP contribution in [0.25, 0.3) is 0 Å². The molecule has 0 spiro atoms. The third-order valence-corrected chi connectivity index (χ3v) is 3.46. The molecule has 0 atom stereocenters. The van der Waals surface area contributed by atoms with Crippen LogP contribution < -0.4 is 5.32 Å². The molecule has 0 aromatic carbocycles. The fourth-order valence-corrected chi connectivity index (χ4v) is 2.10. The normalized spacial score (nSPS) is 15.8. The molecule has 1 saturated carbocycles. The first-order valence-electron chi connectivity index (χ1n) is 5.41. The first-order valence-corrected chi connectivity index (χ1v) is 6.17. The van der Waals surface area contributed by atoms with Crippen molar-refractivity contribution in [1.82, 2.24) is 15.5 Å². The number of amides is 1. The van der Waals surface area contributed by atoms with Gasteiger partial charge in [-0.25, -0.2) is 0 Å². The van der Waals surface area contributed by atoms with E-state index in [1.807, 2.05) is 13.8 Å².